The fraction of sp³-hybridized carbons (Fsp3) is 0.259. The van der Waals surface area contributed by atoms with Crippen molar-refractivity contribution < 1.29 is 27.8 Å². The van der Waals surface area contributed by atoms with Crippen LogP contribution in [0.2, 0.25) is 0 Å². The molecule has 0 radical (unpaired) electrons. The van der Waals surface area contributed by atoms with Crippen LogP contribution in [-0.4, -0.2) is 28.8 Å². The fourth-order valence-electron chi connectivity index (χ4n) is 4.70. The van der Waals surface area contributed by atoms with Gasteiger partial charge in [-0.2, -0.15) is 0 Å². The van der Waals surface area contributed by atoms with Gasteiger partial charge in [0.2, 0.25) is 0 Å². The van der Waals surface area contributed by atoms with Gasteiger partial charge in [0.1, 0.15) is 5.82 Å². The SMILES string of the molecule is O=C(NC(=S)N[C@@]1(c2ccccc2F)C[C@H](OCc2ccc(F)c(F)c2)C[C@@H]1CO)c1ccccc1. The number of aliphatic hydroxyl groups excluding tert-OH is 1. The average Bonchev–Trinajstić information content (AvgIpc) is 3.23. The summed E-state index contributed by atoms with van der Waals surface area (Å²) in [7, 11) is 0. The maximum Gasteiger partial charge on any atom is 0.257 e. The molecule has 0 aromatic heterocycles. The Morgan fingerprint density at radius 3 is 2.42 bits per heavy atom. The molecule has 9 heteroatoms. The highest BCUT2D eigenvalue weighted by atomic mass is 32.1. The van der Waals surface area contributed by atoms with E-state index in [1.807, 2.05) is 0 Å². The van der Waals surface area contributed by atoms with E-state index in [1.54, 1.807) is 48.5 Å². The summed E-state index contributed by atoms with van der Waals surface area (Å²) in [5, 5.41) is 16.0. The number of ether oxygens (including phenoxy) is 1. The van der Waals surface area contributed by atoms with Crippen molar-refractivity contribution in [3.8, 4) is 0 Å². The maximum absolute atomic E-state index is 15.1. The Kier molecular flexibility index (Phi) is 8.03. The lowest BCUT2D eigenvalue weighted by Crippen LogP contribution is -2.54. The number of carbonyl (C=O) groups excluding carboxylic acids is 1. The lowest BCUT2D eigenvalue weighted by molar-refractivity contribution is 0.0386. The van der Waals surface area contributed by atoms with Crippen molar-refractivity contribution in [2.45, 2.75) is 31.1 Å². The molecule has 1 aliphatic carbocycles. The molecule has 188 valence electrons. The fourth-order valence-corrected chi connectivity index (χ4v) is 4.98. The smallest absolute Gasteiger partial charge is 0.257 e. The topological polar surface area (TPSA) is 70.6 Å². The van der Waals surface area contributed by atoms with Gasteiger partial charge in [-0.05, 0) is 54.5 Å². The second-order valence-electron chi connectivity index (χ2n) is 8.73. The number of nitrogens with one attached hydrogen (secondary N) is 2. The van der Waals surface area contributed by atoms with Crippen LogP contribution in [0.25, 0.3) is 0 Å². The van der Waals surface area contributed by atoms with Crippen LogP contribution in [0.1, 0.15) is 34.3 Å². The Labute approximate surface area is 212 Å². The zero-order valence-electron chi connectivity index (χ0n) is 19.2. The molecule has 0 saturated heterocycles. The van der Waals surface area contributed by atoms with Crippen molar-refractivity contribution >= 4 is 23.2 Å². The van der Waals surface area contributed by atoms with Gasteiger partial charge in [0, 0.05) is 30.1 Å². The molecule has 0 bridgehead atoms. The van der Waals surface area contributed by atoms with Gasteiger partial charge in [0.15, 0.2) is 16.7 Å². The summed E-state index contributed by atoms with van der Waals surface area (Å²) in [6.07, 6.45) is 0.0935. The molecule has 3 atom stereocenters. The molecule has 0 heterocycles. The predicted octanol–water partition coefficient (Wildman–Crippen LogP) is 4.59. The van der Waals surface area contributed by atoms with Gasteiger partial charge in [0.05, 0.1) is 18.2 Å². The molecular weight excluding hydrogens is 489 g/mol. The standard InChI is InChI=1S/C27H25F3N2O3S/c28-22-9-5-4-8-21(22)27(32-26(36)31-25(34)18-6-2-1-3-7-18)14-20(13-19(27)15-33)35-16-17-10-11-23(29)24(30)12-17/h1-12,19-20,33H,13-16H2,(H2,31,32,34,36)/t19-,20-,27+/m1/s1. The molecule has 3 aromatic rings. The molecule has 0 aliphatic heterocycles. The summed E-state index contributed by atoms with van der Waals surface area (Å²) in [4.78, 5) is 12.6. The summed E-state index contributed by atoms with van der Waals surface area (Å²) >= 11 is 5.42. The minimum absolute atomic E-state index is 0.00254. The van der Waals surface area contributed by atoms with E-state index in [4.69, 9.17) is 17.0 Å². The third kappa shape index (κ3) is 5.59. The van der Waals surface area contributed by atoms with E-state index in [9.17, 15) is 18.7 Å². The average molecular weight is 515 g/mol. The van der Waals surface area contributed by atoms with Gasteiger partial charge < -0.3 is 15.2 Å². The first-order valence-corrected chi connectivity index (χ1v) is 11.8. The minimum atomic E-state index is -1.18. The highest BCUT2D eigenvalue weighted by molar-refractivity contribution is 7.80. The molecule has 1 fully saturated rings. The molecule has 4 rings (SSSR count). The van der Waals surface area contributed by atoms with Gasteiger partial charge in [-0.15, -0.1) is 0 Å². The van der Waals surface area contributed by atoms with Crippen LogP contribution in [0, 0.1) is 23.4 Å². The van der Waals surface area contributed by atoms with E-state index in [0.717, 1.165) is 12.1 Å². The third-order valence-corrected chi connectivity index (χ3v) is 6.64. The number of amides is 1. The first kappa shape index (κ1) is 25.8. The Morgan fingerprint density at radius 1 is 1.00 bits per heavy atom. The Bertz CT molecular complexity index is 1240. The van der Waals surface area contributed by atoms with Crippen LogP contribution in [0.3, 0.4) is 0 Å². The third-order valence-electron chi connectivity index (χ3n) is 6.44. The van der Waals surface area contributed by atoms with Gasteiger partial charge in [-0.1, -0.05) is 42.5 Å². The summed E-state index contributed by atoms with van der Waals surface area (Å²) < 4.78 is 47.9. The van der Waals surface area contributed by atoms with E-state index in [2.05, 4.69) is 10.6 Å². The Morgan fingerprint density at radius 2 is 1.72 bits per heavy atom. The number of aliphatic hydroxyl groups is 1. The van der Waals surface area contributed by atoms with Crippen molar-refractivity contribution in [3.63, 3.8) is 0 Å². The van der Waals surface area contributed by atoms with Crippen molar-refractivity contribution in [1.29, 1.82) is 0 Å². The van der Waals surface area contributed by atoms with Crippen LogP contribution in [0.15, 0.2) is 72.8 Å². The largest absolute Gasteiger partial charge is 0.396 e. The van der Waals surface area contributed by atoms with Crippen LogP contribution in [0.5, 0.6) is 0 Å². The second kappa shape index (κ2) is 11.2. The Balaban J connectivity index is 1.56. The lowest BCUT2D eigenvalue weighted by Gasteiger charge is -2.37. The van der Waals surface area contributed by atoms with Crippen LogP contribution in [0.4, 0.5) is 13.2 Å². The number of hydrogen-bond acceptors (Lipinski definition) is 4. The zero-order chi connectivity index (χ0) is 25.7. The van der Waals surface area contributed by atoms with Crippen molar-refractivity contribution in [2.24, 2.45) is 5.92 Å². The highest BCUT2D eigenvalue weighted by Gasteiger charge is 2.50. The van der Waals surface area contributed by atoms with Gasteiger partial charge in [-0.25, -0.2) is 13.2 Å². The summed E-state index contributed by atoms with van der Waals surface area (Å²) in [6, 6.07) is 18.2. The summed E-state index contributed by atoms with van der Waals surface area (Å²) in [6.45, 7) is -0.301. The number of halogens is 3. The van der Waals surface area contributed by atoms with Gasteiger partial charge in [-0.3, -0.25) is 10.1 Å². The predicted molar refractivity (Wildman–Crippen MR) is 132 cm³/mol. The first-order chi connectivity index (χ1) is 17.3. The highest BCUT2D eigenvalue weighted by Crippen LogP contribution is 2.46. The van der Waals surface area contributed by atoms with Crippen molar-refractivity contribution in [2.75, 3.05) is 6.61 Å². The van der Waals surface area contributed by atoms with Crippen LogP contribution < -0.4 is 10.6 Å². The molecule has 5 nitrogen and oxygen atoms in total. The quantitative estimate of drug-likeness (QED) is 0.403. The Hall–Kier alpha value is -3.27. The lowest BCUT2D eigenvalue weighted by atomic mass is 9.80. The first-order valence-electron chi connectivity index (χ1n) is 11.4. The molecule has 3 aromatic carbocycles. The maximum atomic E-state index is 15.1. The van der Waals surface area contributed by atoms with E-state index in [1.165, 1.54) is 12.1 Å². The number of rotatable bonds is 7. The van der Waals surface area contributed by atoms with Crippen molar-refractivity contribution in [3.05, 3.63) is 107 Å². The molecule has 1 aliphatic rings. The molecular formula is C27H25F3N2O3S. The number of benzene rings is 3. The number of carbonyl (C=O) groups is 1. The van der Waals surface area contributed by atoms with E-state index < -0.39 is 40.9 Å². The second-order valence-corrected chi connectivity index (χ2v) is 9.13. The molecule has 0 unspecified atom stereocenters. The molecule has 36 heavy (non-hydrogen) atoms. The van der Waals surface area contributed by atoms with Crippen LogP contribution in [-0.2, 0) is 16.9 Å². The van der Waals surface area contributed by atoms with E-state index >= 15 is 4.39 Å². The summed E-state index contributed by atoms with van der Waals surface area (Å²) in [5.74, 6) is -3.37. The molecule has 1 saturated carbocycles. The van der Waals surface area contributed by atoms with Crippen LogP contribution >= 0.6 is 12.2 Å². The summed E-state index contributed by atoms with van der Waals surface area (Å²) in [5.41, 5.74) is -0.0601. The monoisotopic (exact) mass is 514 g/mol. The number of hydrogen-bond donors (Lipinski definition) is 3. The zero-order valence-corrected chi connectivity index (χ0v) is 20.0. The van der Waals surface area contributed by atoms with Gasteiger partial charge in [0.25, 0.3) is 5.91 Å². The molecule has 3 N–H and O–H groups in total. The normalized spacial score (nSPS) is 21.2. The number of thiocarbonyl (C=S) groups is 1. The van der Waals surface area contributed by atoms with Crippen molar-refractivity contribution in [1.82, 2.24) is 10.6 Å². The van der Waals surface area contributed by atoms with E-state index in [0.29, 0.717) is 17.5 Å². The molecule has 1 amide bonds. The van der Waals surface area contributed by atoms with E-state index in [-0.39, 0.29) is 30.3 Å². The minimum Gasteiger partial charge on any atom is -0.396 e. The molecule has 0 spiro atoms. The van der Waals surface area contributed by atoms with Gasteiger partial charge >= 0.3 is 0 Å².